The predicted octanol–water partition coefficient (Wildman–Crippen LogP) is 5.79. The summed E-state index contributed by atoms with van der Waals surface area (Å²) in [4.78, 5) is 36.2. The Hall–Kier alpha value is -4.39. The number of thiazole rings is 1. The first-order valence-corrected chi connectivity index (χ1v) is 15.3. The number of pyridine rings is 1. The lowest BCUT2D eigenvalue weighted by atomic mass is 10.1. The van der Waals surface area contributed by atoms with Gasteiger partial charge >= 0.3 is 0 Å². The highest BCUT2D eigenvalue weighted by molar-refractivity contribution is 7.14. The summed E-state index contributed by atoms with van der Waals surface area (Å²) in [5, 5.41) is 4.97. The molecule has 9 nitrogen and oxygen atoms in total. The van der Waals surface area contributed by atoms with Crippen LogP contribution in [0.1, 0.15) is 60.4 Å². The number of likely N-dealkylation sites (tertiary alicyclic amines) is 1. The number of benzene rings is 1. The monoisotopic (exact) mass is 624 g/mol. The van der Waals surface area contributed by atoms with E-state index in [1.807, 2.05) is 0 Å². The highest BCUT2D eigenvalue weighted by Gasteiger charge is 2.33. The number of anilines is 2. The number of ether oxygens (including phenoxy) is 1. The predicted molar refractivity (Wildman–Crippen MR) is 159 cm³/mol. The molecule has 2 amide bonds. The van der Waals surface area contributed by atoms with E-state index >= 15 is 8.78 Å². The van der Waals surface area contributed by atoms with E-state index in [1.165, 1.54) is 42.7 Å². The van der Waals surface area contributed by atoms with Crippen LogP contribution in [-0.4, -0.2) is 57.0 Å². The van der Waals surface area contributed by atoms with E-state index in [9.17, 15) is 14.0 Å². The van der Waals surface area contributed by atoms with Gasteiger partial charge in [-0.2, -0.15) is 4.39 Å². The van der Waals surface area contributed by atoms with Crippen LogP contribution >= 0.6 is 11.3 Å². The summed E-state index contributed by atoms with van der Waals surface area (Å²) in [6, 6.07) is 8.45. The smallest absolute Gasteiger partial charge is 0.274 e. The van der Waals surface area contributed by atoms with Gasteiger partial charge in [0.15, 0.2) is 16.8 Å². The molecule has 0 aliphatic carbocycles. The Morgan fingerprint density at radius 2 is 1.84 bits per heavy atom. The van der Waals surface area contributed by atoms with Crippen molar-refractivity contribution >= 4 is 34.0 Å². The number of piperidine rings is 1. The van der Waals surface area contributed by atoms with Gasteiger partial charge in [-0.05, 0) is 42.7 Å². The Morgan fingerprint density at radius 1 is 1.07 bits per heavy atom. The van der Waals surface area contributed by atoms with Crippen LogP contribution in [0.2, 0.25) is 0 Å². The highest BCUT2D eigenvalue weighted by Crippen LogP contribution is 2.41. The van der Waals surface area contributed by atoms with Crippen LogP contribution in [0.3, 0.4) is 0 Å². The third-order valence-electron chi connectivity index (χ3n) is 8.01. The first-order chi connectivity index (χ1) is 21.2. The molecular weight excluding hydrogens is 593 g/mol. The molecule has 1 atom stereocenters. The zero-order valence-corrected chi connectivity index (χ0v) is 24.8. The van der Waals surface area contributed by atoms with Gasteiger partial charge in [0.1, 0.15) is 23.2 Å². The molecule has 0 radical (unpaired) electrons. The number of halogens is 3. The van der Waals surface area contributed by atoms with Gasteiger partial charge in [-0.25, -0.2) is 18.7 Å². The van der Waals surface area contributed by atoms with Gasteiger partial charge in [0.05, 0.1) is 11.7 Å². The molecular formula is C31H31F3N6O3S. The van der Waals surface area contributed by atoms with E-state index in [0.717, 1.165) is 6.42 Å². The van der Waals surface area contributed by atoms with Crippen molar-refractivity contribution in [1.29, 1.82) is 0 Å². The first kappa shape index (κ1) is 29.7. The lowest BCUT2D eigenvalue weighted by Gasteiger charge is -2.32. The van der Waals surface area contributed by atoms with E-state index in [4.69, 9.17) is 4.74 Å². The number of aromatic nitrogens is 3. The SMILES string of the molecule is CC(=O)N1CCC(Oc2cc(F)c(N3CCCC3c3csc(NC(=O)c4cccn4Cc4ccnc(F)c4)n3)c(F)c2)CC1. The molecule has 1 N–H and O–H groups in total. The third-order valence-corrected chi connectivity index (χ3v) is 8.79. The van der Waals surface area contributed by atoms with Crippen LogP contribution in [0.4, 0.5) is 24.0 Å². The Balaban J connectivity index is 1.12. The van der Waals surface area contributed by atoms with Crippen molar-refractivity contribution in [2.24, 2.45) is 0 Å². The maximum Gasteiger partial charge on any atom is 0.274 e. The van der Waals surface area contributed by atoms with E-state index < -0.39 is 17.6 Å². The second kappa shape index (κ2) is 12.7. The van der Waals surface area contributed by atoms with E-state index in [2.05, 4.69) is 15.3 Å². The van der Waals surface area contributed by atoms with Gasteiger partial charge in [0, 0.05) is 75.9 Å². The van der Waals surface area contributed by atoms with Crippen molar-refractivity contribution in [1.82, 2.24) is 19.4 Å². The van der Waals surface area contributed by atoms with Crippen molar-refractivity contribution in [2.45, 2.75) is 51.3 Å². The van der Waals surface area contributed by atoms with E-state index in [0.29, 0.717) is 61.0 Å². The van der Waals surface area contributed by atoms with Crippen LogP contribution < -0.4 is 15.0 Å². The van der Waals surface area contributed by atoms with Gasteiger partial charge in [0.25, 0.3) is 5.91 Å². The molecule has 0 spiro atoms. The molecule has 4 aromatic rings. The molecule has 3 aromatic heterocycles. The molecule has 44 heavy (non-hydrogen) atoms. The Bertz CT molecular complexity index is 1650. The summed E-state index contributed by atoms with van der Waals surface area (Å²) < 4.78 is 51.9. The zero-order chi connectivity index (χ0) is 30.8. The van der Waals surface area contributed by atoms with E-state index in [1.54, 1.807) is 44.1 Å². The summed E-state index contributed by atoms with van der Waals surface area (Å²) >= 11 is 1.23. The van der Waals surface area contributed by atoms with Crippen molar-refractivity contribution in [3.8, 4) is 5.75 Å². The van der Waals surface area contributed by atoms with Gasteiger partial charge in [-0.1, -0.05) is 0 Å². The average Bonchev–Trinajstić information content (AvgIpc) is 3.75. The summed E-state index contributed by atoms with van der Waals surface area (Å²) in [6.45, 7) is 3.36. The van der Waals surface area contributed by atoms with Crippen LogP contribution in [0.5, 0.6) is 5.75 Å². The summed E-state index contributed by atoms with van der Waals surface area (Å²) in [7, 11) is 0. The van der Waals surface area contributed by atoms with Crippen LogP contribution in [0, 0.1) is 17.6 Å². The minimum atomic E-state index is -0.716. The number of nitrogens with one attached hydrogen (secondary N) is 1. The molecule has 2 aliphatic rings. The quantitative estimate of drug-likeness (QED) is 0.250. The molecule has 6 rings (SSSR count). The topological polar surface area (TPSA) is 92.6 Å². The zero-order valence-electron chi connectivity index (χ0n) is 24.0. The van der Waals surface area contributed by atoms with Crippen molar-refractivity contribution < 1.29 is 27.5 Å². The van der Waals surface area contributed by atoms with Gasteiger partial charge in [-0.15, -0.1) is 11.3 Å². The maximum absolute atomic E-state index is 15.4. The molecule has 0 bridgehead atoms. The van der Waals surface area contributed by atoms with Crippen LogP contribution in [-0.2, 0) is 11.3 Å². The van der Waals surface area contributed by atoms with Gasteiger partial charge in [0.2, 0.25) is 11.9 Å². The van der Waals surface area contributed by atoms with Gasteiger partial charge in [-0.3, -0.25) is 14.9 Å². The number of nitrogens with zero attached hydrogens (tertiary/aromatic N) is 5. The average molecular weight is 625 g/mol. The van der Waals surface area contributed by atoms with Crippen molar-refractivity contribution in [3.05, 3.63) is 88.7 Å². The molecule has 0 saturated carbocycles. The van der Waals surface area contributed by atoms with Gasteiger partial charge < -0.3 is 19.1 Å². The standard InChI is InChI=1S/C31H31F3N6O3S/c1-19(41)38-12-7-21(8-13-38)43-22-15-23(32)29(24(33)16-22)40-11-3-4-26(40)25-18-44-31(36-25)37-30(42)27-5-2-10-39(27)17-20-6-9-35-28(34)14-20/h2,5-6,9-10,14-16,18,21,26H,3-4,7-8,11-13,17H2,1H3,(H,36,37,42). The normalized spacial score (nSPS) is 17.2. The molecule has 230 valence electrons. The fourth-order valence-corrected chi connectivity index (χ4v) is 6.61. The fourth-order valence-electron chi connectivity index (χ4n) is 5.86. The largest absolute Gasteiger partial charge is 0.490 e. The minimum Gasteiger partial charge on any atom is -0.490 e. The minimum absolute atomic E-state index is 0.00518. The third kappa shape index (κ3) is 6.42. The lowest BCUT2D eigenvalue weighted by Crippen LogP contribution is -2.40. The number of carbonyl (C=O) groups is 2. The second-order valence-electron chi connectivity index (χ2n) is 11.0. The molecule has 2 fully saturated rings. The molecule has 13 heteroatoms. The first-order valence-electron chi connectivity index (χ1n) is 14.5. The molecule has 1 unspecified atom stereocenters. The number of amides is 2. The molecule has 5 heterocycles. The number of hydrogen-bond donors (Lipinski definition) is 1. The Kier molecular flexibility index (Phi) is 8.56. The van der Waals surface area contributed by atoms with Crippen LogP contribution in [0.15, 0.2) is 54.2 Å². The number of rotatable bonds is 8. The fraction of sp³-hybridized carbons (Fsp3) is 0.355. The summed E-state index contributed by atoms with van der Waals surface area (Å²) in [5.41, 5.74) is 1.52. The number of hydrogen-bond acceptors (Lipinski definition) is 7. The van der Waals surface area contributed by atoms with E-state index in [-0.39, 0.29) is 41.9 Å². The lowest BCUT2D eigenvalue weighted by molar-refractivity contribution is -0.130. The van der Waals surface area contributed by atoms with Crippen molar-refractivity contribution in [3.63, 3.8) is 0 Å². The maximum atomic E-state index is 15.4. The van der Waals surface area contributed by atoms with Crippen LogP contribution in [0.25, 0.3) is 0 Å². The van der Waals surface area contributed by atoms with Crippen molar-refractivity contribution in [2.75, 3.05) is 29.9 Å². The highest BCUT2D eigenvalue weighted by atomic mass is 32.1. The number of carbonyl (C=O) groups excluding carboxylic acids is 2. The molecule has 1 aromatic carbocycles. The molecule has 2 aliphatic heterocycles. The summed E-state index contributed by atoms with van der Waals surface area (Å²) in [5.74, 6) is -2.28. The second-order valence-corrected chi connectivity index (χ2v) is 11.8. The summed E-state index contributed by atoms with van der Waals surface area (Å²) in [6.07, 6.45) is 5.44. The Morgan fingerprint density at radius 3 is 2.57 bits per heavy atom. The Labute approximate surface area is 256 Å². The molecule has 2 saturated heterocycles.